The molecule has 0 aromatic heterocycles. The third kappa shape index (κ3) is 4.62. The first kappa shape index (κ1) is 17.3. The standard InChI is InChI=1S/C18H26O3/c1-7-8-9-20-16-10-13(2)17(14(3)11-16)21-15(4)18(5,6)12-19/h7-8,10-12,15H,9H2,1-6H3/b8-7+. The molecule has 0 aliphatic heterocycles. The smallest absolute Gasteiger partial charge is 0.129 e. The van der Waals surface area contributed by atoms with Crippen LogP contribution in [0.1, 0.15) is 38.8 Å². The molecule has 0 saturated heterocycles. The van der Waals surface area contributed by atoms with E-state index in [1.165, 1.54) is 0 Å². The van der Waals surface area contributed by atoms with Crippen molar-refractivity contribution in [2.75, 3.05) is 6.61 Å². The molecule has 0 aliphatic rings. The predicted molar refractivity (Wildman–Crippen MR) is 86.2 cm³/mol. The van der Waals surface area contributed by atoms with Gasteiger partial charge in [0.05, 0.1) is 5.41 Å². The summed E-state index contributed by atoms with van der Waals surface area (Å²) in [7, 11) is 0. The molecule has 1 unspecified atom stereocenters. The summed E-state index contributed by atoms with van der Waals surface area (Å²) >= 11 is 0. The average molecular weight is 290 g/mol. The molecular formula is C18H26O3. The second kappa shape index (κ2) is 7.30. The van der Waals surface area contributed by atoms with Crippen molar-refractivity contribution >= 4 is 6.29 Å². The largest absolute Gasteiger partial charge is 0.490 e. The SMILES string of the molecule is C/C=C/COc1cc(C)c(OC(C)C(C)(C)C=O)c(C)c1. The lowest BCUT2D eigenvalue weighted by Crippen LogP contribution is -2.33. The molecule has 3 heteroatoms. The minimum Gasteiger partial charge on any atom is -0.490 e. The Balaban J connectivity index is 2.92. The molecule has 21 heavy (non-hydrogen) atoms. The number of allylic oxidation sites excluding steroid dienone is 1. The Hall–Kier alpha value is -1.77. The van der Waals surface area contributed by atoms with Crippen LogP contribution in [-0.2, 0) is 4.79 Å². The lowest BCUT2D eigenvalue weighted by molar-refractivity contribution is -0.118. The average Bonchev–Trinajstić information content (AvgIpc) is 2.42. The third-order valence-corrected chi connectivity index (χ3v) is 3.66. The zero-order valence-corrected chi connectivity index (χ0v) is 13.9. The van der Waals surface area contributed by atoms with Gasteiger partial charge in [0.25, 0.3) is 0 Å². The molecular weight excluding hydrogens is 264 g/mol. The molecule has 0 spiro atoms. The Morgan fingerprint density at radius 3 is 2.29 bits per heavy atom. The topological polar surface area (TPSA) is 35.5 Å². The molecule has 1 rings (SSSR count). The number of hydrogen-bond acceptors (Lipinski definition) is 3. The first-order chi connectivity index (χ1) is 9.81. The highest BCUT2D eigenvalue weighted by molar-refractivity contribution is 5.59. The summed E-state index contributed by atoms with van der Waals surface area (Å²) < 4.78 is 11.7. The van der Waals surface area contributed by atoms with Crippen molar-refractivity contribution in [1.82, 2.24) is 0 Å². The number of aryl methyl sites for hydroxylation is 2. The van der Waals surface area contributed by atoms with Crippen LogP contribution in [0.5, 0.6) is 11.5 Å². The minimum atomic E-state index is -0.514. The fourth-order valence-electron chi connectivity index (χ4n) is 1.84. The predicted octanol–water partition coefficient (Wildman–Crippen LogP) is 4.25. The summed E-state index contributed by atoms with van der Waals surface area (Å²) in [5.41, 5.74) is 1.51. The highest BCUT2D eigenvalue weighted by atomic mass is 16.5. The molecule has 0 N–H and O–H groups in total. The molecule has 0 bridgehead atoms. The van der Waals surface area contributed by atoms with Crippen LogP contribution in [0, 0.1) is 19.3 Å². The van der Waals surface area contributed by atoms with Crippen LogP contribution in [0.25, 0.3) is 0 Å². The summed E-state index contributed by atoms with van der Waals surface area (Å²) in [5.74, 6) is 1.66. The fraction of sp³-hybridized carbons (Fsp3) is 0.500. The molecule has 116 valence electrons. The van der Waals surface area contributed by atoms with E-state index < -0.39 is 5.41 Å². The van der Waals surface area contributed by atoms with Gasteiger partial charge in [-0.2, -0.15) is 0 Å². The summed E-state index contributed by atoms with van der Waals surface area (Å²) in [6.45, 7) is 12.2. The van der Waals surface area contributed by atoms with Gasteiger partial charge in [0, 0.05) is 0 Å². The van der Waals surface area contributed by atoms with Gasteiger partial charge in [0.2, 0.25) is 0 Å². The molecule has 0 amide bonds. The van der Waals surface area contributed by atoms with E-state index in [1.54, 1.807) is 0 Å². The first-order valence-corrected chi connectivity index (χ1v) is 7.30. The molecule has 1 aromatic rings. The maximum atomic E-state index is 11.1. The van der Waals surface area contributed by atoms with E-state index in [1.807, 2.05) is 65.8 Å². The maximum absolute atomic E-state index is 11.1. The van der Waals surface area contributed by atoms with Crippen LogP contribution >= 0.6 is 0 Å². The van der Waals surface area contributed by atoms with Crippen LogP contribution in [0.15, 0.2) is 24.3 Å². The lowest BCUT2D eigenvalue weighted by atomic mass is 9.89. The van der Waals surface area contributed by atoms with Gasteiger partial charge in [0.1, 0.15) is 30.5 Å². The Morgan fingerprint density at radius 2 is 1.81 bits per heavy atom. The number of carbonyl (C=O) groups excluding carboxylic acids is 1. The van der Waals surface area contributed by atoms with E-state index in [4.69, 9.17) is 9.47 Å². The van der Waals surface area contributed by atoms with Gasteiger partial charge in [0.15, 0.2) is 0 Å². The van der Waals surface area contributed by atoms with Gasteiger partial charge in [-0.15, -0.1) is 0 Å². The van der Waals surface area contributed by atoms with E-state index in [-0.39, 0.29) is 6.10 Å². The highest BCUT2D eigenvalue weighted by Crippen LogP contribution is 2.32. The maximum Gasteiger partial charge on any atom is 0.129 e. The molecule has 0 fully saturated rings. The van der Waals surface area contributed by atoms with Crippen molar-refractivity contribution in [3.8, 4) is 11.5 Å². The van der Waals surface area contributed by atoms with Crippen molar-refractivity contribution in [3.63, 3.8) is 0 Å². The van der Waals surface area contributed by atoms with Crippen LogP contribution < -0.4 is 9.47 Å². The van der Waals surface area contributed by atoms with Gasteiger partial charge >= 0.3 is 0 Å². The van der Waals surface area contributed by atoms with Crippen molar-refractivity contribution < 1.29 is 14.3 Å². The zero-order chi connectivity index (χ0) is 16.0. The molecule has 0 aliphatic carbocycles. The lowest BCUT2D eigenvalue weighted by Gasteiger charge is -2.28. The van der Waals surface area contributed by atoms with E-state index >= 15 is 0 Å². The van der Waals surface area contributed by atoms with Crippen molar-refractivity contribution in [3.05, 3.63) is 35.4 Å². The second-order valence-electron chi connectivity index (χ2n) is 5.97. The number of carbonyl (C=O) groups is 1. The zero-order valence-electron chi connectivity index (χ0n) is 13.9. The quantitative estimate of drug-likeness (QED) is 0.556. The van der Waals surface area contributed by atoms with Crippen LogP contribution in [0.4, 0.5) is 0 Å². The number of aldehydes is 1. The summed E-state index contributed by atoms with van der Waals surface area (Å²) in [5, 5.41) is 0. The van der Waals surface area contributed by atoms with Crippen LogP contribution in [-0.4, -0.2) is 19.0 Å². The molecule has 0 saturated carbocycles. The molecule has 3 nitrogen and oxygen atoms in total. The van der Waals surface area contributed by atoms with E-state index in [0.29, 0.717) is 6.61 Å². The first-order valence-electron chi connectivity index (χ1n) is 7.30. The van der Waals surface area contributed by atoms with Gasteiger partial charge in [-0.3, -0.25) is 0 Å². The summed E-state index contributed by atoms with van der Waals surface area (Å²) in [4.78, 5) is 11.1. The van der Waals surface area contributed by atoms with Crippen molar-refractivity contribution in [2.24, 2.45) is 5.41 Å². The normalized spacial score (nSPS) is 13.2. The van der Waals surface area contributed by atoms with Crippen molar-refractivity contribution in [1.29, 1.82) is 0 Å². The molecule has 0 radical (unpaired) electrons. The fourth-order valence-corrected chi connectivity index (χ4v) is 1.84. The van der Waals surface area contributed by atoms with E-state index in [9.17, 15) is 4.79 Å². The van der Waals surface area contributed by atoms with E-state index in [0.717, 1.165) is 28.9 Å². The Kier molecular flexibility index (Phi) is 6.01. The van der Waals surface area contributed by atoms with Gasteiger partial charge < -0.3 is 14.3 Å². The molecule has 1 atom stereocenters. The van der Waals surface area contributed by atoms with Gasteiger partial charge in [-0.05, 0) is 64.8 Å². The second-order valence-corrected chi connectivity index (χ2v) is 5.97. The minimum absolute atomic E-state index is 0.192. The Labute approximate surface area is 128 Å². The number of ether oxygens (including phenoxy) is 2. The summed E-state index contributed by atoms with van der Waals surface area (Å²) in [6, 6.07) is 3.93. The number of hydrogen-bond donors (Lipinski definition) is 0. The molecule has 0 heterocycles. The Bertz CT molecular complexity index is 492. The van der Waals surface area contributed by atoms with Crippen molar-refractivity contribution in [2.45, 2.75) is 47.6 Å². The summed E-state index contributed by atoms with van der Waals surface area (Å²) in [6.07, 6.45) is 4.67. The molecule has 1 aromatic carbocycles. The van der Waals surface area contributed by atoms with Gasteiger partial charge in [-0.1, -0.05) is 12.2 Å². The monoisotopic (exact) mass is 290 g/mol. The number of benzene rings is 1. The van der Waals surface area contributed by atoms with Gasteiger partial charge in [-0.25, -0.2) is 0 Å². The van der Waals surface area contributed by atoms with Crippen LogP contribution in [0.3, 0.4) is 0 Å². The van der Waals surface area contributed by atoms with E-state index in [2.05, 4.69) is 0 Å². The van der Waals surface area contributed by atoms with Crippen LogP contribution in [0.2, 0.25) is 0 Å². The Morgan fingerprint density at radius 1 is 1.24 bits per heavy atom. The number of rotatable bonds is 7. The highest BCUT2D eigenvalue weighted by Gasteiger charge is 2.27. The third-order valence-electron chi connectivity index (χ3n) is 3.66.